The van der Waals surface area contributed by atoms with Crippen LogP contribution in [-0.4, -0.2) is 53.4 Å². The third kappa shape index (κ3) is 4.24. The molecular formula is C25H29N3O4. The maximum Gasteiger partial charge on any atom is 0.407 e. The molecule has 7 nitrogen and oxygen atoms in total. The molecule has 2 aromatic rings. The molecule has 2 N–H and O–H groups in total. The van der Waals surface area contributed by atoms with E-state index in [1.807, 2.05) is 30.3 Å². The predicted molar refractivity (Wildman–Crippen MR) is 121 cm³/mol. The second-order valence-electron chi connectivity index (χ2n) is 9.08. The fraction of sp³-hybridized carbons (Fsp3) is 0.440. The molecule has 2 bridgehead atoms. The van der Waals surface area contributed by atoms with Crippen LogP contribution in [0.4, 0.5) is 15.3 Å². The van der Waals surface area contributed by atoms with E-state index < -0.39 is 6.09 Å². The summed E-state index contributed by atoms with van der Waals surface area (Å²) >= 11 is 0. The van der Waals surface area contributed by atoms with Crippen LogP contribution in [0.3, 0.4) is 0 Å². The Bertz CT molecular complexity index is 982. The number of nitrogens with zero attached hydrogens (tertiary/aromatic N) is 2. The number of hydrogen-bond donors (Lipinski definition) is 2. The molecule has 32 heavy (non-hydrogen) atoms. The Morgan fingerprint density at radius 2 is 1.75 bits per heavy atom. The summed E-state index contributed by atoms with van der Waals surface area (Å²) in [5.41, 5.74) is 4.74. The Morgan fingerprint density at radius 3 is 2.47 bits per heavy atom. The number of carbonyl (C=O) groups is 2. The lowest BCUT2D eigenvalue weighted by molar-refractivity contribution is 0.115. The fourth-order valence-corrected chi connectivity index (χ4v) is 5.42. The van der Waals surface area contributed by atoms with Gasteiger partial charge in [0.15, 0.2) is 0 Å². The summed E-state index contributed by atoms with van der Waals surface area (Å²) in [5.74, 6) is 0. The van der Waals surface area contributed by atoms with Gasteiger partial charge in [-0.1, -0.05) is 36.4 Å². The van der Waals surface area contributed by atoms with Crippen molar-refractivity contribution in [2.24, 2.45) is 0 Å². The van der Waals surface area contributed by atoms with Crippen LogP contribution in [-0.2, 0) is 24.2 Å². The number of hydrogen-bond acceptors (Lipinski definition) is 4. The van der Waals surface area contributed by atoms with E-state index in [1.54, 1.807) is 4.90 Å². The number of ether oxygens (including phenoxy) is 1. The molecule has 2 aliphatic heterocycles. The number of piperazine rings is 1. The minimum atomic E-state index is -0.788. The normalized spacial score (nSPS) is 24.1. The maximum atomic E-state index is 12.2. The molecule has 168 valence electrons. The van der Waals surface area contributed by atoms with Crippen molar-refractivity contribution in [1.29, 1.82) is 0 Å². The Balaban J connectivity index is 1.17. The fourth-order valence-electron chi connectivity index (χ4n) is 5.42. The molecule has 0 saturated carbocycles. The minimum absolute atomic E-state index is 0.0755. The predicted octanol–water partition coefficient (Wildman–Crippen LogP) is 3.80. The molecule has 2 heterocycles. The second-order valence-corrected chi connectivity index (χ2v) is 9.08. The van der Waals surface area contributed by atoms with E-state index in [0.717, 1.165) is 50.8 Å². The van der Waals surface area contributed by atoms with E-state index in [-0.39, 0.29) is 30.8 Å². The highest BCUT2D eigenvalue weighted by molar-refractivity contribution is 5.68. The molecule has 0 aromatic heterocycles. The van der Waals surface area contributed by atoms with Crippen LogP contribution < -0.4 is 10.2 Å². The molecule has 2 aromatic carbocycles. The molecular weight excluding hydrogens is 406 g/mol. The average Bonchev–Trinajstić information content (AvgIpc) is 3.08. The van der Waals surface area contributed by atoms with Gasteiger partial charge in [-0.2, -0.15) is 0 Å². The molecule has 2 amide bonds. The van der Waals surface area contributed by atoms with Gasteiger partial charge in [-0.3, -0.25) is 4.90 Å². The van der Waals surface area contributed by atoms with Gasteiger partial charge in [0.1, 0.15) is 6.61 Å². The number of fused-ring (bicyclic) bond motifs is 3. The summed E-state index contributed by atoms with van der Waals surface area (Å²) in [6, 6.07) is 16.5. The molecule has 1 aliphatic carbocycles. The first-order chi connectivity index (χ1) is 15.6. The van der Waals surface area contributed by atoms with Crippen LogP contribution in [0, 0.1) is 0 Å². The van der Waals surface area contributed by atoms with Crippen molar-refractivity contribution >= 4 is 17.9 Å². The number of benzene rings is 2. The molecule has 7 heteroatoms. The number of alkyl carbamates (subject to hydrolysis) is 1. The van der Waals surface area contributed by atoms with Crippen molar-refractivity contribution in [2.75, 3.05) is 18.0 Å². The van der Waals surface area contributed by atoms with Crippen LogP contribution >= 0.6 is 0 Å². The second kappa shape index (κ2) is 8.73. The van der Waals surface area contributed by atoms with Gasteiger partial charge in [0, 0.05) is 24.8 Å². The molecule has 0 spiro atoms. The van der Waals surface area contributed by atoms with Crippen LogP contribution in [0.2, 0.25) is 0 Å². The molecule has 3 aliphatic rings. The SMILES string of the molecule is O=C(NC1CCc2cc(N3CC4CCC(C3)N4C(=O)O)ccc2C1)OCc1ccccc1. The zero-order valence-electron chi connectivity index (χ0n) is 18.1. The minimum Gasteiger partial charge on any atom is -0.465 e. The molecule has 2 saturated heterocycles. The van der Waals surface area contributed by atoms with Gasteiger partial charge in [-0.15, -0.1) is 0 Å². The summed E-state index contributed by atoms with van der Waals surface area (Å²) < 4.78 is 5.37. The van der Waals surface area contributed by atoms with Crippen LogP contribution in [0.5, 0.6) is 0 Å². The lowest BCUT2D eigenvalue weighted by Crippen LogP contribution is -2.55. The Kier molecular flexibility index (Phi) is 5.64. The van der Waals surface area contributed by atoms with E-state index in [4.69, 9.17) is 4.74 Å². The van der Waals surface area contributed by atoms with E-state index in [1.165, 1.54) is 16.8 Å². The summed E-state index contributed by atoms with van der Waals surface area (Å²) in [4.78, 5) is 27.7. The number of amides is 2. The lowest BCUT2D eigenvalue weighted by Gasteiger charge is -2.41. The number of aryl methyl sites for hydroxylation is 1. The number of nitrogens with one attached hydrogen (secondary N) is 1. The van der Waals surface area contributed by atoms with Crippen LogP contribution in [0.15, 0.2) is 48.5 Å². The van der Waals surface area contributed by atoms with Gasteiger partial charge < -0.3 is 20.1 Å². The van der Waals surface area contributed by atoms with E-state index in [0.29, 0.717) is 0 Å². The Hall–Kier alpha value is -3.22. The standard InChI is InChI=1S/C25H29N3O4/c29-24(32-16-17-4-2-1-3-5-17)26-20-8-6-19-13-21(9-7-18(19)12-20)27-14-22-10-11-23(15-27)28(22)25(30)31/h1-5,7,9,13,20,22-23H,6,8,10-12,14-16H2,(H,26,29)(H,30,31). The largest absolute Gasteiger partial charge is 0.465 e. The third-order valence-corrected chi connectivity index (χ3v) is 7.02. The Morgan fingerprint density at radius 1 is 1.00 bits per heavy atom. The van der Waals surface area contributed by atoms with Crippen molar-refractivity contribution in [3.63, 3.8) is 0 Å². The summed E-state index contributed by atoms with van der Waals surface area (Å²) in [7, 11) is 0. The quantitative estimate of drug-likeness (QED) is 0.763. The highest BCUT2D eigenvalue weighted by atomic mass is 16.5. The van der Waals surface area contributed by atoms with Crippen molar-refractivity contribution < 1.29 is 19.4 Å². The third-order valence-electron chi connectivity index (χ3n) is 7.02. The summed E-state index contributed by atoms with van der Waals surface area (Å²) in [6.45, 7) is 1.80. The summed E-state index contributed by atoms with van der Waals surface area (Å²) in [6.07, 6.45) is 3.34. The van der Waals surface area contributed by atoms with Crippen LogP contribution in [0.1, 0.15) is 36.0 Å². The number of rotatable bonds is 4. The monoisotopic (exact) mass is 435 g/mol. The van der Waals surface area contributed by atoms with Crippen molar-refractivity contribution in [3.05, 3.63) is 65.2 Å². The Labute approximate surface area is 188 Å². The molecule has 3 atom stereocenters. The maximum absolute atomic E-state index is 12.2. The van der Waals surface area contributed by atoms with Gasteiger partial charge in [-0.05, 0) is 60.9 Å². The molecule has 0 radical (unpaired) electrons. The lowest BCUT2D eigenvalue weighted by atomic mass is 9.88. The molecule has 2 fully saturated rings. The first-order valence-corrected chi connectivity index (χ1v) is 11.4. The molecule has 5 rings (SSSR count). The highest BCUT2D eigenvalue weighted by Crippen LogP contribution is 2.34. The topological polar surface area (TPSA) is 82.1 Å². The molecule has 3 unspecified atom stereocenters. The van der Waals surface area contributed by atoms with E-state index in [9.17, 15) is 14.7 Å². The highest BCUT2D eigenvalue weighted by Gasteiger charge is 2.42. The van der Waals surface area contributed by atoms with Crippen LogP contribution in [0.25, 0.3) is 0 Å². The van der Waals surface area contributed by atoms with Gasteiger partial charge in [0.05, 0.1) is 12.1 Å². The number of anilines is 1. The zero-order valence-corrected chi connectivity index (χ0v) is 18.1. The first-order valence-electron chi connectivity index (χ1n) is 11.4. The van der Waals surface area contributed by atoms with Crippen molar-refractivity contribution in [1.82, 2.24) is 10.2 Å². The summed E-state index contributed by atoms with van der Waals surface area (Å²) in [5, 5.41) is 12.5. The van der Waals surface area contributed by atoms with E-state index in [2.05, 4.69) is 28.4 Å². The number of carboxylic acid groups (broad SMARTS) is 1. The number of carbonyl (C=O) groups excluding carboxylic acids is 1. The van der Waals surface area contributed by atoms with Gasteiger partial charge >= 0.3 is 12.2 Å². The van der Waals surface area contributed by atoms with Crippen molar-refractivity contribution in [2.45, 2.75) is 56.8 Å². The van der Waals surface area contributed by atoms with E-state index >= 15 is 0 Å². The van der Waals surface area contributed by atoms with Gasteiger partial charge in [0.2, 0.25) is 0 Å². The average molecular weight is 436 g/mol. The first kappa shape index (κ1) is 20.7. The van der Waals surface area contributed by atoms with Gasteiger partial charge in [0.25, 0.3) is 0 Å². The van der Waals surface area contributed by atoms with Gasteiger partial charge in [-0.25, -0.2) is 9.59 Å². The smallest absolute Gasteiger partial charge is 0.407 e. The zero-order chi connectivity index (χ0) is 22.1. The van der Waals surface area contributed by atoms with Crippen molar-refractivity contribution in [3.8, 4) is 0 Å².